The zero-order chi connectivity index (χ0) is 17.1. The number of ether oxygens (including phenoxy) is 1. The highest BCUT2D eigenvalue weighted by Crippen LogP contribution is 2.23. The maximum Gasteiger partial charge on any atom is 0.260 e. The molecule has 2 aromatic rings. The van der Waals surface area contributed by atoms with Crippen LogP contribution in [0.2, 0.25) is 0 Å². The number of rotatable bonds is 4. The molecule has 1 saturated heterocycles. The zero-order valence-corrected chi connectivity index (χ0v) is 13.6. The Hall–Kier alpha value is -2.48. The molecule has 0 unspecified atom stereocenters. The van der Waals surface area contributed by atoms with Crippen LogP contribution in [0.25, 0.3) is 0 Å². The van der Waals surface area contributed by atoms with Gasteiger partial charge in [-0.2, -0.15) is 4.98 Å². The van der Waals surface area contributed by atoms with E-state index >= 15 is 0 Å². The number of piperazine rings is 1. The Bertz CT molecular complexity index is 721. The summed E-state index contributed by atoms with van der Waals surface area (Å²) in [5.41, 5.74) is 0. The molecule has 0 saturated carbocycles. The summed E-state index contributed by atoms with van der Waals surface area (Å²) in [4.78, 5) is 20.3. The molecule has 1 atom stereocenters. The van der Waals surface area contributed by atoms with Crippen LogP contribution in [0.1, 0.15) is 17.8 Å². The Labute approximate surface area is 139 Å². The first-order valence-electron chi connectivity index (χ1n) is 7.70. The van der Waals surface area contributed by atoms with E-state index in [-0.39, 0.29) is 24.3 Å². The van der Waals surface area contributed by atoms with Crippen LogP contribution in [-0.4, -0.2) is 59.1 Å². The summed E-state index contributed by atoms with van der Waals surface area (Å²) in [5.74, 6) is 0.437. The third-order valence-corrected chi connectivity index (χ3v) is 4.02. The van der Waals surface area contributed by atoms with Crippen LogP contribution in [0, 0.1) is 12.7 Å². The first-order chi connectivity index (χ1) is 11.5. The lowest BCUT2D eigenvalue weighted by Crippen LogP contribution is -2.50. The average Bonchev–Trinajstić information content (AvgIpc) is 3.00. The fourth-order valence-electron chi connectivity index (χ4n) is 2.61. The molecule has 128 valence electrons. The van der Waals surface area contributed by atoms with Gasteiger partial charge in [-0.3, -0.25) is 9.69 Å². The Morgan fingerprint density at radius 3 is 2.92 bits per heavy atom. The van der Waals surface area contributed by atoms with Gasteiger partial charge in [0.25, 0.3) is 5.91 Å². The van der Waals surface area contributed by atoms with Crippen molar-refractivity contribution in [3.8, 4) is 5.75 Å². The minimum atomic E-state index is -0.483. The van der Waals surface area contributed by atoms with Gasteiger partial charge in [-0.05, 0) is 26.1 Å². The van der Waals surface area contributed by atoms with E-state index in [1.54, 1.807) is 24.0 Å². The summed E-state index contributed by atoms with van der Waals surface area (Å²) in [6.07, 6.45) is 0. The molecule has 7 nitrogen and oxygen atoms in total. The largest absolute Gasteiger partial charge is 0.481 e. The number of hydrogen-bond acceptors (Lipinski definition) is 6. The molecule has 0 bridgehead atoms. The summed E-state index contributed by atoms with van der Waals surface area (Å²) in [5, 5.41) is 3.80. The standard InChI is InChI=1S/C16H19FN4O3/c1-11-18-16(24-19-11)13-9-21(8-7-20(13)2)15(22)10-23-14-6-4-3-5-12(14)17/h3-6,13H,7-10H2,1-2H3/t13-/m1/s1. The van der Waals surface area contributed by atoms with Gasteiger partial charge < -0.3 is 14.2 Å². The molecule has 0 N–H and O–H groups in total. The lowest BCUT2D eigenvalue weighted by molar-refractivity contribution is -0.136. The molecular formula is C16H19FN4O3. The Balaban J connectivity index is 1.62. The quantitative estimate of drug-likeness (QED) is 0.842. The summed E-state index contributed by atoms with van der Waals surface area (Å²) in [7, 11) is 1.95. The molecule has 2 heterocycles. The van der Waals surface area contributed by atoms with Crippen LogP contribution in [0.3, 0.4) is 0 Å². The van der Waals surface area contributed by atoms with Crippen molar-refractivity contribution in [3.63, 3.8) is 0 Å². The first kappa shape index (κ1) is 16.4. The van der Waals surface area contributed by atoms with Crippen molar-refractivity contribution in [1.29, 1.82) is 0 Å². The molecule has 1 aromatic heterocycles. The van der Waals surface area contributed by atoms with Crippen molar-refractivity contribution in [3.05, 3.63) is 41.8 Å². The van der Waals surface area contributed by atoms with E-state index in [4.69, 9.17) is 9.26 Å². The Morgan fingerprint density at radius 1 is 1.42 bits per heavy atom. The number of hydrogen-bond donors (Lipinski definition) is 0. The Morgan fingerprint density at radius 2 is 2.21 bits per heavy atom. The lowest BCUT2D eigenvalue weighted by Gasteiger charge is -2.37. The highest BCUT2D eigenvalue weighted by molar-refractivity contribution is 5.78. The predicted octanol–water partition coefficient (Wildman–Crippen LogP) is 1.41. The molecule has 1 amide bonds. The third kappa shape index (κ3) is 3.53. The molecule has 8 heteroatoms. The maximum absolute atomic E-state index is 13.5. The Kier molecular flexibility index (Phi) is 4.75. The molecule has 0 aliphatic carbocycles. The number of nitrogens with zero attached hydrogens (tertiary/aromatic N) is 4. The summed E-state index contributed by atoms with van der Waals surface area (Å²) in [6, 6.07) is 5.87. The van der Waals surface area contributed by atoms with Gasteiger partial charge in [-0.15, -0.1) is 0 Å². The topological polar surface area (TPSA) is 71.7 Å². The van der Waals surface area contributed by atoms with Gasteiger partial charge in [-0.1, -0.05) is 17.3 Å². The van der Waals surface area contributed by atoms with E-state index < -0.39 is 5.82 Å². The number of aromatic nitrogens is 2. The van der Waals surface area contributed by atoms with E-state index in [0.29, 0.717) is 31.3 Å². The third-order valence-electron chi connectivity index (χ3n) is 4.02. The summed E-state index contributed by atoms with van der Waals surface area (Å²) >= 11 is 0. The molecular weight excluding hydrogens is 315 g/mol. The van der Waals surface area contributed by atoms with Gasteiger partial charge in [0, 0.05) is 19.6 Å². The number of amides is 1. The second kappa shape index (κ2) is 6.96. The molecule has 1 fully saturated rings. The van der Waals surface area contributed by atoms with E-state index in [9.17, 15) is 9.18 Å². The molecule has 3 rings (SSSR count). The van der Waals surface area contributed by atoms with Gasteiger partial charge in [0.1, 0.15) is 6.04 Å². The van der Waals surface area contributed by atoms with Gasteiger partial charge >= 0.3 is 0 Å². The average molecular weight is 334 g/mol. The second-order valence-corrected chi connectivity index (χ2v) is 5.74. The van der Waals surface area contributed by atoms with Crippen molar-refractivity contribution in [2.45, 2.75) is 13.0 Å². The number of carbonyl (C=O) groups excluding carboxylic acids is 1. The minimum absolute atomic E-state index is 0.0732. The van der Waals surface area contributed by atoms with Crippen molar-refractivity contribution >= 4 is 5.91 Å². The molecule has 0 spiro atoms. The van der Waals surface area contributed by atoms with Gasteiger partial charge in [-0.25, -0.2) is 4.39 Å². The van der Waals surface area contributed by atoms with Crippen molar-refractivity contribution in [2.75, 3.05) is 33.3 Å². The van der Waals surface area contributed by atoms with E-state index in [2.05, 4.69) is 15.0 Å². The number of para-hydroxylation sites is 1. The number of aryl methyl sites for hydroxylation is 1. The smallest absolute Gasteiger partial charge is 0.260 e. The molecule has 1 aliphatic rings. The van der Waals surface area contributed by atoms with Crippen LogP contribution < -0.4 is 4.74 Å². The molecule has 1 aromatic carbocycles. The normalized spacial score (nSPS) is 18.6. The van der Waals surface area contributed by atoms with Gasteiger partial charge in [0.05, 0.1) is 0 Å². The number of halogens is 1. The fraction of sp³-hybridized carbons (Fsp3) is 0.438. The molecule has 1 aliphatic heterocycles. The fourth-order valence-corrected chi connectivity index (χ4v) is 2.61. The zero-order valence-electron chi connectivity index (χ0n) is 13.6. The molecule has 24 heavy (non-hydrogen) atoms. The number of carbonyl (C=O) groups is 1. The van der Waals surface area contributed by atoms with E-state index in [1.165, 1.54) is 12.1 Å². The monoisotopic (exact) mass is 334 g/mol. The van der Waals surface area contributed by atoms with E-state index in [0.717, 1.165) is 0 Å². The highest BCUT2D eigenvalue weighted by Gasteiger charge is 2.32. The number of likely N-dealkylation sites (N-methyl/N-ethyl adjacent to an activating group) is 1. The summed E-state index contributed by atoms with van der Waals surface area (Å²) in [6.45, 7) is 3.22. The highest BCUT2D eigenvalue weighted by atomic mass is 19.1. The van der Waals surface area contributed by atoms with Crippen LogP contribution in [0.15, 0.2) is 28.8 Å². The van der Waals surface area contributed by atoms with Crippen molar-refractivity contribution < 1.29 is 18.4 Å². The maximum atomic E-state index is 13.5. The van der Waals surface area contributed by atoms with Gasteiger partial charge in [0.2, 0.25) is 5.89 Å². The lowest BCUT2D eigenvalue weighted by atomic mass is 10.1. The van der Waals surface area contributed by atoms with Crippen molar-refractivity contribution in [2.24, 2.45) is 0 Å². The minimum Gasteiger partial charge on any atom is -0.481 e. The van der Waals surface area contributed by atoms with Gasteiger partial charge in [0.15, 0.2) is 24.0 Å². The van der Waals surface area contributed by atoms with E-state index in [1.807, 2.05) is 7.05 Å². The van der Waals surface area contributed by atoms with Crippen LogP contribution in [0.4, 0.5) is 4.39 Å². The van der Waals surface area contributed by atoms with Crippen LogP contribution >= 0.6 is 0 Å². The number of benzene rings is 1. The first-order valence-corrected chi connectivity index (χ1v) is 7.70. The second-order valence-electron chi connectivity index (χ2n) is 5.74. The summed E-state index contributed by atoms with van der Waals surface area (Å²) < 4.78 is 24.1. The SMILES string of the molecule is Cc1noc([C@H]2CN(C(=O)COc3ccccc3F)CCN2C)n1. The van der Waals surface area contributed by atoms with Crippen LogP contribution in [0.5, 0.6) is 5.75 Å². The molecule has 0 radical (unpaired) electrons. The predicted molar refractivity (Wildman–Crippen MR) is 82.9 cm³/mol. The van der Waals surface area contributed by atoms with Crippen LogP contribution in [-0.2, 0) is 4.79 Å². The van der Waals surface area contributed by atoms with Crippen molar-refractivity contribution in [1.82, 2.24) is 19.9 Å².